The number of hydrogen-bond acceptors (Lipinski definition) is 8. The highest BCUT2D eigenvalue weighted by Gasteiger charge is 2.26. The summed E-state index contributed by atoms with van der Waals surface area (Å²) in [6, 6.07) is 13.2. The minimum absolute atomic E-state index is 0.0251. The van der Waals surface area contributed by atoms with Gasteiger partial charge in [0.15, 0.2) is 12.0 Å². The molecule has 1 aromatic heterocycles. The number of anilines is 1. The average molecular weight is 472 g/mol. The van der Waals surface area contributed by atoms with E-state index in [4.69, 9.17) is 13.9 Å². The first-order chi connectivity index (χ1) is 15.8. The SMILES string of the molecule is O=C(COC(=O)c1cc(=O)c2ccccc2o1)Nc1cccc(S(=O)(=O)N2CCOCC2)c1. The van der Waals surface area contributed by atoms with Gasteiger partial charge in [0.2, 0.25) is 15.8 Å². The van der Waals surface area contributed by atoms with Gasteiger partial charge in [-0.15, -0.1) is 0 Å². The predicted molar refractivity (Wildman–Crippen MR) is 117 cm³/mol. The molecule has 0 bridgehead atoms. The fourth-order valence-corrected chi connectivity index (χ4v) is 4.73. The van der Waals surface area contributed by atoms with Crippen molar-refractivity contribution >= 4 is 38.6 Å². The molecule has 1 saturated heterocycles. The Kier molecular flexibility index (Phi) is 6.54. The molecule has 0 aliphatic carbocycles. The second kappa shape index (κ2) is 9.53. The maximum absolute atomic E-state index is 12.8. The largest absolute Gasteiger partial charge is 0.450 e. The van der Waals surface area contributed by atoms with Gasteiger partial charge in [0.05, 0.1) is 23.5 Å². The summed E-state index contributed by atoms with van der Waals surface area (Å²) >= 11 is 0. The Morgan fingerprint density at radius 3 is 2.58 bits per heavy atom. The number of sulfonamides is 1. The van der Waals surface area contributed by atoms with Crippen LogP contribution in [0.15, 0.2) is 68.7 Å². The van der Waals surface area contributed by atoms with Crippen molar-refractivity contribution in [2.45, 2.75) is 4.90 Å². The Labute approximate surface area is 188 Å². The lowest BCUT2D eigenvalue weighted by Crippen LogP contribution is -2.40. The molecule has 0 radical (unpaired) electrons. The van der Waals surface area contributed by atoms with Gasteiger partial charge in [-0.3, -0.25) is 9.59 Å². The minimum Gasteiger partial charge on any atom is -0.450 e. The van der Waals surface area contributed by atoms with Crippen molar-refractivity contribution in [2.24, 2.45) is 0 Å². The average Bonchev–Trinajstić information content (AvgIpc) is 2.83. The molecular weight excluding hydrogens is 452 g/mol. The third-order valence-electron chi connectivity index (χ3n) is 4.90. The van der Waals surface area contributed by atoms with Crippen molar-refractivity contribution in [3.8, 4) is 0 Å². The molecule has 1 N–H and O–H groups in total. The van der Waals surface area contributed by atoms with Crippen LogP contribution in [0, 0.1) is 0 Å². The number of fused-ring (bicyclic) bond motifs is 1. The summed E-state index contributed by atoms with van der Waals surface area (Å²) < 4.78 is 42.4. The number of amides is 1. The molecule has 2 aromatic carbocycles. The molecule has 0 saturated carbocycles. The summed E-state index contributed by atoms with van der Waals surface area (Å²) in [5.41, 5.74) is 0.0360. The van der Waals surface area contributed by atoms with Crippen molar-refractivity contribution in [1.29, 1.82) is 0 Å². The minimum atomic E-state index is -3.73. The number of rotatable bonds is 6. The van der Waals surface area contributed by atoms with Crippen LogP contribution in [0.4, 0.5) is 5.69 Å². The molecule has 0 atom stereocenters. The number of carbonyl (C=O) groups excluding carboxylic acids is 2. The van der Waals surface area contributed by atoms with Crippen molar-refractivity contribution < 1.29 is 31.9 Å². The third kappa shape index (κ3) is 5.11. The summed E-state index contributed by atoms with van der Waals surface area (Å²) in [6.45, 7) is 0.478. The van der Waals surface area contributed by atoms with Gasteiger partial charge in [0.25, 0.3) is 5.91 Å². The zero-order valence-corrected chi connectivity index (χ0v) is 18.2. The predicted octanol–water partition coefficient (Wildman–Crippen LogP) is 1.61. The molecule has 172 valence electrons. The van der Waals surface area contributed by atoms with E-state index >= 15 is 0 Å². The van der Waals surface area contributed by atoms with Crippen LogP contribution < -0.4 is 10.7 Å². The molecule has 10 nitrogen and oxygen atoms in total. The summed E-state index contributed by atoms with van der Waals surface area (Å²) in [6.07, 6.45) is 0. The van der Waals surface area contributed by atoms with E-state index in [1.807, 2.05) is 0 Å². The van der Waals surface area contributed by atoms with Crippen LogP contribution in [0.3, 0.4) is 0 Å². The fraction of sp³-hybridized carbons (Fsp3) is 0.227. The number of ether oxygens (including phenoxy) is 2. The quantitative estimate of drug-likeness (QED) is 0.535. The summed E-state index contributed by atoms with van der Waals surface area (Å²) in [5.74, 6) is -1.99. The lowest BCUT2D eigenvalue weighted by Gasteiger charge is -2.26. The molecule has 1 amide bonds. The van der Waals surface area contributed by atoms with Crippen LogP contribution in [-0.4, -0.2) is 57.5 Å². The van der Waals surface area contributed by atoms with Crippen LogP contribution in [-0.2, 0) is 24.3 Å². The van der Waals surface area contributed by atoms with Gasteiger partial charge in [-0.25, -0.2) is 13.2 Å². The van der Waals surface area contributed by atoms with E-state index in [1.165, 1.54) is 34.6 Å². The topological polar surface area (TPSA) is 132 Å². The van der Waals surface area contributed by atoms with E-state index in [0.717, 1.165) is 6.07 Å². The number of carbonyl (C=O) groups is 2. The van der Waals surface area contributed by atoms with Gasteiger partial charge >= 0.3 is 5.97 Å². The summed E-state index contributed by atoms with van der Waals surface area (Å²) in [4.78, 5) is 36.6. The molecule has 3 aromatic rings. The number of benzene rings is 2. The van der Waals surface area contributed by atoms with Gasteiger partial charge < -0.3 is 19.2 Å². The van der Waals surface area contributed by atoms with Gasteiger partial charge in [-0.05, 0) is 30.3 Å². The van der Waals surface area contributed by atoms with Crippen LogP contribution in [0.2, 0.25) is 0 Å². The lowest BCUT2D eigenvalue weighted by molar-refractivity contribution is -0.119. The van der Waals surface area contributed by atoms with E-state index in [2.05, 4.69) is 5.32 Å². The molecule has 0 spiro atoms. The normalized spacial score (nSPS) is 14.7. The van der Waals surface area contributed by atoms with E-state index in [0.29, 0.717) is 18.6 Å². The molecule has 1 aliphatic heterocycles. The van der Waals surface area contributed by atoms with Gasteiger partial charge in [0, 0.05) is 24.8 Å². The maximum atomic E-state index is 12.8. The van der Waals surface area contributed by atoms with Crippen molar-refractivity contribution in [1.82, 2.24) is 4.31 Å². The number of nitrogens with one attached hydrogen (secondary N) is 1. The zero-order valence-electron chi connectivity index (χ0n) is 17.4. The first kappa shape index (κ1) is 22.6. The Balaban J connectivity index is 1.40. The molecular formula is C22H20N2O8S. The lowest BCUT2D eigenvalue weighted by atomic mass is 10.2. The number of nitrogens with zero attached hydrogens (tertiary/aromatic N) is 1. The molecule has 11 heteroatoms. The summed E-state index contributed by atoms with van der Waals surface area (Å²) in [7, 11) is -3.73. The zero-order chi connectivity index (χ0) is 23.4. The molecule has 4 rings (SSSR count). The smallest absolute Gasteiger partial charge is 0.374 e. The van der Waals surface area contributed by atoms with E-state index in [9.17, 15) is 22.8 Å². The highest BCUT2D eigenvalue weighted by Crippen LogP contribution is 2.20. The van der Waals surface area contributed by atoms with Crippen LogP contribution >= 0.6 is 0 Å². The van der Waals surface area contributed by atoms with Crippen LogP contribution in [0.25, 0.3) is 11.0 Å². The second-order valence-corrected chi connectivity index (χ2v) is 9.08. The van der Waals surface area contributed by atoms with Crippen molar-refractivity contribution in [3.63, 3.8) is 0 Å². The molecule has 2 heterocycles. The Bertz CT molecular complexity index is 1360. The number of para-hydroxylation sites is 1. The Hall–Kier alpha value is -3.54. The second-order valence-electron chi connectivity index (χ2n) is 7.14. The van der Waals surface area contributed by atoms with Crippen molar-refractivity contribution in [3.05, 3.63) is 70.6 Å². The number of morpholine rings is 1. The number of hydrogen-bond donors (Lipinski definition) is 1. The monoisotopic (exact) mass is 472 g/mol. The van der Waals surface area contributed by atoms with E-state index in [1.54, 1.807) is 18.2 Å². The van der Waals surface area contributed by atoms with Gasteiger partial charge in [-0.2, -0.15) is 4.31 Å². The van der Waals surface area contributed by atoms with E-state index < -0.39 is 33.9 Å². The number of esters is 1. The molecule has 1 fully saturated rings. The molecule has 1 aliphatic rings. The van der Waals surface area contributed by atoms with Crippen molar-refractivity contribution in [2.75, 3.05) is 38.2 Å². The first-order valence-corrected chi connectivity index (χ1v) is 11.5. The maximum Gasteiger partial charge on any atom is 0.374 e. The molecule has 33 heavy (non-hydrogen) atoms. The first-order valence-electron chi connectivity index (χ1n) is 10.0. The highest BCUT2D eigenvalue weighted by molar-refractivity contribution is 7.89. The molecule has 0 unspecified atom stereocenters. The van der Waals surface area contributed by atoms with Crippen LogP contribution in [0.1, 0.15) is 10.6 Å². The van der Waals surface area contributed by atoms with E-state index in [-0.39, 0.29) is 35.0 Å². The third-order valence-corrected chi connectivity index (χ3v) is 6.79. The standard InChI is InChI=1S/C22H20N2O8S/c25-18-13-20(32-19-7-2-1-6-17(18)19)22(27)31-14-21(26)23-15-4-3-5-16(12-15)33(28,29)24-8-10-30-11-9-24/h1-7,12-13H,8-11,14H2,(H,23,26). The fourth-order valence-electron chi connectivity index (χ4n) is 3.27. The van der Waals surface area contributed by atoms with Gasteiger partial charge in [-0.1, -0.05) is 18.2 Å². The highest BCUT2D eigenvalue weighted by atomic mass is 32.2. The van der Waals surface area contributed by atoms with Crippen LogP contribution in [0.5, 0.6) is 0 Å². The summed E-state index contributed by atoms with van der Waals surface area (Å²) in [5, 5.41) is 2.81. The Morgan fingerprint density at radius 2 is 1.79 bits per heavy atom. The van der Waals surface area contributed by atoms with Gasteiger partial charge in [0.1, 0.15) is 5.58 Å². The Morgan fingerprint density at radius 1 is 1.03 bits per heavy atom.